The Morgan fingerprint density at radius 3 is 1.67 bits per heavy atom. The van der Waals surface area contributed by atoms with Crippen molar-refractivity contribution >= 4 is 24.0 Å². The van der Waals surface area contributed by atoms with Crippen LogP contribution in [0, 0.1) is 46.9 Å². The Hall–Kier alpha value is 2.21. The molecule has 0 saturated carbocycles. The van der Waals surface area contributed by atoms with Gasteiger partial charge in [0.15, 0.2) is 0 Å². The van der Waals surface area contributed by atoms with Crippen molar-refractivity contribution in [3.05, 3.63) is 0 Å². The van der Waals surface area contributed by atoms with E-state index >= 15 is 0 Å². The van der Waals surface area contributed by atoms with E-state index in [2.05, 4.69) is 6.92 Å². The van der Waals surface area contributed by atoms with Gasteiger partial charge >= 0.3 is 0 Å². The first-order valence-electron chi connectivity index (χ1n) is 1.62. The summed E-state index contributed by atoms with van der Waals surface area (Å²) in [4.78, 5) is 0. The zero-order chi connectivity index (χ0) is 3.41. The molecule has 0 rings (SSSR count). The number of hydrogen-bond acceptors (Lipinski definition) is 1. The molecule has 0 fully saturated rings. The van der Waals surface area contributed by atoms with E-state index in [0.29, 0.717) is 0 Å². The van der Waals surface area contributed by atoms with Gasteiger partial charge in [-0.15, -0.1) is 24.0 Å². The van der Waals surface area contributed by atoms with Crippen molar-refractivity contribution in [2.24, 2.45) is 5.73 Å². The first-order chi connectivity index (χ1) is 1.91. The van der Waals surface area contributed by atoms with Crippen molar-refractivity contribution in [2.45, 2.75) is 13.3 Å². The molecule has 0 saturated heterocycles. The van der Waals surface area contributed by atoms with Crippen LogP contribution in [0.4, 0.5) is 0 Å². The molecule has 0 aromatic rings. The van der Waals surface area contributed by atoms with E-state index in [0.717, 1.165) is 13.0 Å². The molecule has 1 nitrogen and oxygen atoms in total. The van der Waals surface area contributed by atoms with Crippen LogP contribution in [-0.4, -0.2) is 6.54 Å². The molecule has 3 heteroatoms. The summed E-state index contributed by atoms with van der Waals surface area (Å²) < 4.78 is 0. The van der Waals surface area contributed by atoms with E-state index in [-0.39, 0.29) is 70.9 Å². The number of rotatable bonds is 1. The first-order valence-corrected chi connectivity index (χ1v) is 1.62. The Balaban J connectivity index is -0.0000000450. The van der Waals surface area contributed by atoms with Crippen LogP contribution in [0.5, 0.6) is 0 Å². The normalized spacial score (nSPS) is 5.00. The average Bonchev–Trinajstić information content (AvgIpc) is 1.37. The molecule has 2 N–H and O–H groups in total. The van der Waals surface area contributed by atoms with Crippen LogP contribution in [0.1, 0.15) is 13.3 Å². The molecule has 0 amide bonds. The van der Waals surface area contributed by atoms with Crippen LogP contribution < -0.4 is 5.73 Å². The summed E-state index contributed by atoms with van der Waals surface area (Å²) in [5.41, 5.74) is 5.03. The largest absolute Gasteiger partial charge is 0.330 e. The summed E-state index contributed by atoms with van der Waals surface area (Å²) in [7, 11) is 0. The van der Waals surface area contributed by atoms with E-state index in [9.17, 15) is 0 Å². The van der Waals surface area contributed by atoms with E-state index in [1.165, 1.54) is 0 Å². The van der Waals surface area contributed by atoms with Crippen molar-refractivity contribution < 1.29 is 46.9 Å². The van der Waals surface area contributed by atoms with E-state index in [4.69, 9.17) is 5.73 Å². The van der Waals surface area contributed by atoms with Gasteiger partial charge in [0.1, 0.15) is 0 Å². The van der Waals surface area contributed by atoms with Crippen molar-refractivity contribution in [3.63, 3.8) is 0 Å². The van der Waals surface area contributed by atoms with Gasteiger partial charge in [0, 0.05) is 46.9 Å². The molecule has 0 aromatic heterocycles. The maximum absolute atomic E-state index is 5.03. The minimum Gasteiger partial charge on any atom is -0.330 e. The third kappa shape index (κ3) is 16.4. The van der Waals surface area contributed by atoms with Gasteiger partial charge in [0.2, 0.25) is 0 Å². The predicted molar refractivity (Wildman–Crippen MR) is 34.8 cm³/mol. The van der Waals surface area contributed by atoms with Gasteiger partial charge in [0.05, 0.1) is 0 Å². The second-order valence-electron chi connectivity index (χ2n) is 0.789. The van der Waals surface area contributed by atoms with Gasteiger partial charge < -0.3 is 5.73 Å². The fourth-order valence-corrected chi connectivity index (χ4v) is 0. The predicted octanol–water partition coefficient (Wildman–Crippen LogP) is 0.973. The summed E-state index contributed by atoms with van der Waals surface area (Å²) in [6, 6.07) is 0. The molecule has 48 valence electrons. The molecule has 0 unspecified atom stereocenters. The topological polar surface area (TPSA) is 26.0 Å². The molecule has 0 spiro atoms. The van der Waals surface area contributed by atoms with Crippen LogP contribution >= 0.6 is 24.0 Å². The summed E-state index contributed by atoms with van der Waals surface area (Å²) in [5, 5.41) is 0. The Bertz CT molecular complexity index is 12.8. The molecule has 0 aliphatic rings. The molecule has 0 aliphatic carbocycles. The van der Waals surface area contributed by atoms with Crippen molar-refractivity contribution in [3.8, 4) is 0 Å². The minimum atomic E-state index is 0. The molecule has 6 heavy (non-hydrogen) atoms. The van der Waals surface area contributed by atoms with E-state index in [1.807, 2.05) is 0 Å². The maximum atomic E-state index is 5.03. The minimum absolute atomic E-state index is 0. The summed E-state index contributed by atoms with van der Waals surface area (Å²) in [5.74, 6) is 0. The van der Waals surface area contributed by atoms with Gasteiger partial charge in [-0.3, -0.25) is 0 Å². The number of halogens is 1. The average molecular weight is 360 g/mol. The van der Waals surface area contributed by atoms with Crippen molar-refractivity contribution in [2.75, 3.05) is 6.54 Å². The molecule has 0 aliphatic heterocycles. The summed E-state index contributed by atoms with van der Waals surface area (Å²) in [6.45, 7) is 2.88. The number of hydrogen-bond donors (Lipinski definition) is 1. The quantitative estimate of drug-likeness (QED) is 0.694. The van der Waals surface area contributed by atoms with Crippen LogP contribution in [0.25, 0.3) is 0 Å². The zero-order valence-corrected chi connectivity index (χ0v) is 7.71. The summed E-state index contributed by atoms with van der Waals surface area (Å²) >= 11 is 0. The maximum Gasteiger partial charge on any atom is 0 e. The smallest absolute Gasteiger partial charge is 0 e. The molecule has 0 bridgehead atoms. The second-order valence-corrected chi connectivity index (χ2v) is 0.789. The SMILES string of the molecule is CCCN.I.[Yb]. The standard InChI is InChI=1S/C3H9N.HI.Yb/c1-2-3-4;;/h2-4H2,1H3;1H;. The Labute approximate surface area is 94.7 Å². The van der Waals surface area contributed by atoms with E-state index < -0.39 is 0 Å². The van der Waals surface area contributed by atoms with Crippen molar-refractivity contribution in [1.82, 2.24) is 0 Å². The Morgan fingerprint density at radius 2 is 1.67 bits per heavy atom. The first kappa shape index (κ1) is 15.7. The fourth-order valence-electron chi connectivity index (χ4n) is 0. The second kappa shape index (κ2) is 15.7. The van der Waals surface area contributed by atoms with E-state index in [1.54, 1.807) is 0 Å². The Kier molecular flexibility index (Phi) is 41.1. The van der Waals surface area contributed by atoms with Crippen LogP contribution in [0.15, 0.2) is 0 Å². The van der Waals surface area contributed by atoms with Gasteiger partial charge in [-0.25, -0.2) is 0 Å². The van der Waals surface area contributed by atoms with Gasteiger partial charge in [-0.05, 0) is 13.0 Å². The summed E-state index contributed by atoms with van der Waals surface area (Å²) in [6.07, 6.45) is 1.10. The molecular formula is C3H10INYb. The van der Waals surface area contributed by atoms with Crippen molar-refractivity contribution in [1.29, 1.82) is 0 Å². The van der Waals surface area contributed by atoms with Gasteiger partial charge in [0.25, 0.3) is 0 Å². The van der Waals surface area contributed by atoms with Crippen LogP contribution in [-0.2, 0) is 0 Å². The zero-order valence-electron chi connectivity index (χ0n) is 3.67. The molecule has 0 heterocycles. The van der Waals surface area contributed by atoms with Gasteiger partial charge in [-0.2, -0.15) is 0 Å². The Morgan fingerprint density at radius 1 is 1.50 bits per heavy atom. The third-order valence-corrected chi connectivity index (χ3v) is 0.289. The van der Waals surface area contributed by atoms with Crippen LogP contribution in [0.2, 0.25) is 0 Å². The third-order valence-electron chi connectivity index (χ3n) is 0.289. The molecule has 0 radical (unpaired) electrons. The number of nitrogens with two attached hydrogens (primary N) is 1. The molecule has 0 aromatic carbocycles. The van der Waals surface area contributed by atoms with Crippen LogP contribution in [0.3, 0.4) is 0 Å². The fraction of sp³-hybridized carbons (Fsp3) is 1.00. The molecule has 0 atom stereocenters. The molecular weight excluding hydrogens is 350 g/mol. The monoisotopic (exact) mass is 361 g/mol. The van der Waals surface area contributed by atoms with Gasteiger partial charge in [-0.1, -0.05) is 6.92 Å².